The molecule has 0 spiro atoms. The number of benzene rings is 4. The number of hydrogen-bond donors (Lipinski definition) is 0. The van der Waals surface area contributed by atoms with Crippen LogP contribution in [-0.4, -0.2) is 74.8 Å². The fourth-order valence-corrected chi connectivity index (χ4v) is 6.94. The number of fused-ring (bicyclic) bond motifs is 2. The summed E-state index contributed by atoms with van der Waals surface area (Å²) in [6.07, 6.45) is 0. The number of rotatable bonds is 6. The second kappa shape index (κ2) is 13.0. The van der Waals surface area contributed by atoms with Crippen molar-refractivity contribution < 1.29 is 0 Å². The van der Waals surface area contributed by atoms with Crippen LogP contribution in [0.25, 0.3) is 45.1 Å². The van der Waals surface area contributed by atoms with Crippen molar-refractivity contribution in [3.63, 3.8) is 0 Å². The van der Waals surface area contributed by atoms with E-state index in [2.05, 4.69) is 30.4 Å². The smallest absolute Gasteiger partial charge is 0.289 e. The van der Waals surface area contributed by atoms with Gasteiger partial charge in [-0.15, -0.1) is 10.2 Å². The van der Waals surface area contributed by atoms with Gasteiger partial charge in [0.1, 0.15) is 0 Å². The molecule has 4 aromatic carbocycles. The lowest BCUT2D eigenvalue weighted by atomic mass is 10.2. The second-order valence-electron chi connectivity index (χ2n) is 12.6. The van der Waals surface area contributed by atoms with Crippen molar-refractivity contribution in [3.05, 3.63) is 140 Å². The van der Waals surface area contributed by atoms with Crippen molar-refractivity contribution >= 4 is 57.4 Å². The Bertz CT molecular complexity index is 2750. The highest BCUT2D eigenvalue weighted by Gasteiger charge is 2.32. The molecule has 0 saturated carbocycles. The molecular formula is C37H28Cl2N12O2. The Balaban J connectivity index is 1.17. The van der Waals surface area contributed by atoms with Gasteiger partial charge >= 0.3 is 0 Å². The number of aromatic nitrogens is 10. The van der Waals surface area contributed by atoms with Crippen LogP contribution in [0.4, 0.5) is 11.9 Å². The average molecular weight is 744 g/mol. The molecule has 0 N–H and O–H groups in total. The Morgan fingerprint density at radius 3 is 1.49 bits per heavy atom. The van der Waals surface area contributed by atoms with E-state index in [4.69, 9.17) is 33.2 Å². The summed E-state index contributed by atoms with van der Waals surface area (Å²) in [5, 5.41) is 18.2. The standard InChI is InChI=1S/C37H28Cl2N12O2/c1-23-22-46(36-40-32-30(42-44-50(32)28-8-4-2-5-9-28)34(52)48(36)26-16-12-24(38)13-17-26)20-21-47(23)37-41-33-31(43-45-51(33)29-10-6-3-7-11-29)35(53)49(37)27-18-14-25(39)15-19-27/h2-19,23H,20-22H2,1H3. The molecule has 16 heteroatoms. The van der Waals surface area contributed by atoms with E-state index in [0.717, 1.165) is 11.4 Å². The summed E-state index contributed by atoms with van der Waals surface area (Å²) < 4.78 is 6.23. The van der Waals surface area contributed by atoms with E-state index in [-0.39, 0.29) is 28.2 Å². The Morgan fingerprint density at radius 2 is 1.02 bits per heavy atom. The van der Waals surface area contributed by atoms with Crippen LogP contribution in [0.2, 0.25) is 10.0 Å². The maximum absolute atomic E-state index is 14.3. The first kappa shape index (κ1) is 32.5. The summed E-state index contributed by atoms with van der Waals surface area (Å²) in [4.78, 5) is 42.8. The van der Waals surface area contributed by atoms with E-state index in [0.29, 0.717) is 64.2 Å². The summed E-state index contributed by atoms with van der Waals surface area (Å²) in [7, 11) is 0. The number of anilines is 2. The fourth-order valence-electron chi connectivity index (χ4n) is 6.69. The van der Waals surface area contributed by atoms with Crippen LogP contribution in [0.5, 0.6) is 0 Å². The topological polar surface area (TPSA) is 138 Å². The number of hydrogen-bond acceptors (Lipinski definition) is 10. The van der Waals surface area contributed by atoms with Gasteiger partial charge in [0.2, 0.25) is 11.9 Å². The number of para-hydroxylation sites is 2. The number of halogens is 2. The van der Waals surface area contributed by atoms with E-state index in [1.54, 1.807) is 67.0 Å². The largest absolute Gasteiger partial charge is 0.338 e. The lowest BCUT2D eigenvalue weighted by molar-refractivity contribution is 0.525. The van der Waals surface area contributed by atoms with Gasteiger partial charge < -0.3 is 9.80 Å². The predicted molar refractivity (Wildman–Crippen MR) is 204 cm³/mol. The molecule has 1 fully saturated rings. The molecule has 53 heavy (non-hydrogen) atoms. The maximum atomic E-state index is 14.3. The van der Waals surface area contributed by atoms with Crippen molar-refractivity contribution in [1.82, 2.24) is 49.1 Å². The van der Waals surface area contributed by atoms with Crippen LogP contribution in [-0.2, 0) is 0 Å². The van der Waals surface area contributed by atoms with Gasteiger partial charge in [-0.2, -0.15) is 19.3 Å². The summed E-state index contributed by atoms with van der Waals surface area (Å²) >= 11 is 12.5. The third kappa shape index (κ3) is 5.59. The molecule has 14 nitrogen and oxygen atoms in total. The SMILES string of the molecule is CC1CN(c2nc3c(nnn3-c3ccccc3)c(=O)n2-c2ccc(Cl)cc2)CCN1c1nc2c(nnn2-c2ccccc2)c(=O)n1-c1ccc(Cl)cc1. The van der Waals surface area contributed by atoms with Gasteiger partial charge in [-0.25, -0.2) is 9.13 Å². The molecule has 4 aromatic heterocycles. The molecule has 9 rings (SSSR count). The van der Waals surface area contributed by atoms with Crippen LogP contribution in [0.3, 0.4) is 0 Å². The maximum Gasteiger partial charge on any atom is 0.289 e. The number of piperazine rings is 1. The van der Waals surface area contributed by atoms with E-state index in [9.17, 15) is 9.59 Å². The van der Waals surface area contributed by atoms with Gasteiger partial charge in [-0.05, 0) is 79.7 Å². The van der Waals surface area contributed by atoms with E-state index in [1.165, 1.54) is 0 Å². The van der Waals surface area contributed by atoms with Crippen LogP contribution < -0.4 is 20.9 Å². The zero-order chi connectivity index (χ0) is 36.2. The van der Waals surface area contributed by atoms with Crippen molar-refractivity contribution in [2.45, 2.75) is 13.0 Å². The predicted octanol–water partition coefficient (Wildman–Crippen LogP) is 5.27. The quantitative estimate of drug-likeness (QED) is 0.222. The molecule has 1 aliphatic heterocycles. The molecule has 8 aromatic rings. The van der Waals surface area contributed by atoms with E-state index >= 15 is 0 Å². The van der Waals surface area contributed by atoms with Crippen molar-refractivity contribution in [2.24, 2.45) is 0 Å². The summed E-state index contributed by atoms with van der Waals surface area (Å²) in [5.41, 5.74) is 2.81. The minimum atomic E-state index is -0.366. The minimum Gasteiger partial charge on any atom is -0.338 e. The van der Waals surface area contributed by atoms with Crippen LogP contribution in [0.15, 0.2) is 119 Å². The van der Waals surface area contributed by atoms with Crippen molar-refractivity contribution in [1.29, 1.82) is 0 Å². The molecule has 1 aliphatic rings. The Kier molecular flexibility index (Phi) is 7.97. The lowest BCUT2D eigenvalue weighted by Crippen LogP contribution is -2.54. The molecule has 262 valence electrons. The summed E-state index contributed by atoms with van der Waals surface area (Å²) in [6.45, 7) is 3.31. The highest BCUT2D eigenvalue weighted by Crippen LogP contribution is 2.28. The van der Waals surface area contributed by atoms with E-state index < -0.39 is 0 Å². The first-order valence-electron chi connectivity index (χ1n) is 16.8. The molecule has 0 radical (unpaired) electrons. The lowest BCUT2D eigenvalue weighted by Gasteiger charge is -2.41. The summed E-state index contributed by atoms with van der Waals surface area (Å²) in [5.74, 6) is 0.835. The zero-order valence-corrected chi connectivity index (χ0v) is 29.5. The highest BCUT2D eigenvalue weighted by molar-refractivity contribution is 6.30. The Labute approximate surface area is 310 Å². The third-order valence-corrected chi connectivity index (χ3v) is 9.76. The average Bonchev–Trinajstić information content (AvgIpc) is 3.82. The molecule has 0 aliphatic carbocycles. The minimum absolute atomic E-state index is 0.131. The molecule has 0 bridgehead atoms. The van der Waals surface area contributed by atoms with Gasteiger partial charge in [-0.3, -0.25) is 9.59 Å². The highest BCUT2D eigenvalue weighted by atomic mass is 35.5. The first-order chi connectivity index (χ1) is 25.9. The van der Waals surface area contributed by atoms with Crippen molar-refractivity contribution in [2.75, 3.05) is 29.4 Å². The number of nitrogens with zero attached hydrogens (tertiary/aromatic N) is 12. The Morgan fingerprint density at radius 1 is 0.566 bits per heavy atom. The van der Waals surface area contributed by atoms with Gasteiger partial charge in [0.25, 0.3) is 11.1 Å². The van der Waals surface area contributed by atoms with E-state index in [1.807, 2.05) is 67.6 Å². The van der Waals surface area contributed by atoms with Gasteiger partial charge in [0, 0.05) is 35.7 Å². The second-order valence-corrected chi connectivity index (χ2v) is 13.4. The van der Waals surface area contributed by atoms with Crippen LogP contribution in [0.1, 0.15) is 6.92 Å². The normalized spacial score (nSPS) is 14.7. The molecule has 1 unspecified atom stereocenters. The Hall–Kier alpha value is -6.38. The monoisotopic (exact) mass is 742 g/mol. The van der Waals surface area contributed by atoms with Crippen molar-refractivity contribution in [3.8, 4) is 22.7 Å². The fraction of sp³-hybridized carbons (Fsp3) is 0.135. The molecular weight excluding hydrogens is 715 g/mol. The van der Waals surface area contributed by atoms with Crippen LogP contribution >= 0.6 is 23.2 Å². The third-order valence-electron chi connectivity index (χ3n) is 9.25. The molecule has 1 atom stereocenters. The molecule has 0 amide bonds. The van der Waals surface area contributed by atoms with Gasteiger partial charge in [-0.1, -0.05) is 70.0 Å². The first-order valence-corrected chi connectivity index (χ1v) is 17.5. The zero-order valence-electron chi connectivity index (χ0n) is 28.0. The molecule has 1 saturated heterocycles. The van der Waals surface area contributed by atoms with Gasteiger partial charge in [0.05, 0.1) is 22.7 Å². The van der Waals surface area contributed by atoms with Crippen LogP contribution in [0, 0.1) is 0 Å². The molecule has 5 heterocycles. The van der Waals surface area contributed by atoms with Gasteiger partial charge in [0.15, 0.2) is 22.3 Å². The summed E-state index contributed by atoms with van der Waals surface area (Å²) in [6, 6.07) is 32.7.